The Morgan fingerprint density at radius 2 is 1.62 bits per heavy atom. The summed E-state index contributed by atoms with van der Waals surface area (Å²) in [7, 11) is 0. The van der Waals surface area contributed by atoms with E-state index < -0.39 is 24.6 Å². The summed E-state index contributed by atoms with van der Waals surface area (Å²) in [5.74, 6) is -0.941. The Morgan fingerprint density at radius 1 is 1.00 bits per heavy atom. The molecular formula is C27H29FN2O4. The van der Waals surface area contributed by atoms with Gasteiger partial charge in [-0.3, -0.25) is 4.79 Å². The molecule has 178 valence electrons. The molecule has 1 aromatic heterocycles. The lowest BCUT2D eigenvalue weighted by Gasteiger charge is -2.17. The van der Waals surface area contributed by atoms with Gasteiger partial charge < -0.3 is 15.3 Å². The number of aliphatic carboxylic acids is 1. The van der Waals surface area contributed by atoms with Crippen LogP contribution in [0.4, 0.5) is 4.39 Å². The van der Waals surface area contributed by atoms with E-state index in [2.05, 4.69) is 0 Å². The van der Waals surface area contributed by atoms with E-state index in [4.69, 9.17) is 15.1 Å². The second-order valence-corrected chi connectivity index (χ2v) is 8.64. The highest BCUT2D eigenvalue weighted by atomic mass is 19.1. The average Bonchev–Trinajstić information content (AvgIpc) is 2.77. The minimum Gasteiger partial charge on any atom is -0.481 e. The number of aromatic nitrogens is 2. The SMILES string of the molecule is Cc1ccc(-c2nc(-c3ccc(F)cc3)c(/C=C/C(O)CC(O)CC(=O)O)c(C(C)C)n2)cc1. The van der Waals surface area contributed by atoms with Crippen LogP contribution in [0.3, 0.4) is 0 Å². The Kier molecular flexibility index (Phi) is 8.26. The van der Waals surface area contributed by atoms with Gasteiger partial charge in [-0.05, 0) is 37.1 Å². The van der Waals surface area contributed by atoms with Crippen molar-refractivity contribution in [1.29, 1.82) is 0 Å². The number of carbonyl (C=O) groups is 1. The van der Waals surface area contributed by atoms with Crippen LogP contribution in [0.5, 0.6) is 0 Å². The molecule has 7 heteroatoms. The smallest absolute Gasteiger partial charge is 0.305 e. The van der Waals surface area contributed by atoms with E-state index >= 15 is 0 Å². The summed E-state index contributed by atoms with van der Waals surface area (Å²) >= 11 is 0. The molecule has 0 aliphatic heterocycles. The first-order valence-corrected chi connectivity index (χ1v) is 11.1. The Balaban J connectivity index is 2.09. The highest BCUT2D eigenvalue weighted by molar-refractivity contribution is 5.76. The van der Waals surface area contributed by atoms with Crippen molar-refractivity contribution >= 4 is 12.0 Å². The molecule has 6 nitrogen and oxygen atoms in total. The van der Waals surface area contributed by atoms with Gasteiger partial charge in [-0.1, -0.05) is 55.8 Å². The zero-order valence-corrected chi connectivity index (χ0v) is 19.4. The first-order valence-electron chi connectivity index (χ1n) is 11.1. The van der Waals surface area contributed by atoms with Gasteiger partial charge in [0, 0.05) is 23.1 Å². The van der Waals surface area contributed by atoms with Gasteiger partial charge in [-0.2, -0.15) is 0 Å². The molecule has 34 heavy (non-hydrogen) atoms. The van der Waals surface area contributed by atoms with E-state index in [1.807, 2.05) is 45.0 Å². The van der Waals surface area contributed by atoms with Crippen LogP contribution in [0.25, 0.3) is 28.7 Å². The number of benzene rings is 2. The third kappa shape index (κ3) is 6.56. The minimum atomic E-state index is -1.17. The van der Waals surface area contributed by atoms with Gasteiger partial charge in [-0.15, -0.1) is 0 Å². The lowest BCUT2D eigenvalue weighted by atomic mass is 9.96. The quantitative estimate of drug-likeness (QED) is 0.413. The molecule has 2 unspecified atom stereocenters. The predicted octanol–water partition coefficient (Wildman–Crippen LogP) is 4.98. The van der Waals surface area contributed by atoms with Crippen LogP contribution in [0, 0.1) is 12.7 Å². The van der Waals surface area contributed by atoms with Gasteiger partial charge in [0.25, 0.3) is 0 Å². The number of hydrogen-bond donors (Lipinski definition) is 3. The zero-order chi connectivity index (χ0) is 24.8. The molecule has 0 saturated heterocycles. The van der Waals surface area contributed by atoms with Crippen molar-refractivity contribution in [3.05, 3.63) is 77.2 Å². The minimum absolute atomic E-state index is 0.0146. The number of aliphatic hydroxyl groups is 2. The Bertz CT molecular complexity index is 1160. The van der Waals surface area contributed by atoms with Crippen LogP contribution in [0.15, 0.2) is 54.6 Å². The third-order valence-electron chi connectivity index (χ3n) is 5.36. The van der Waals surface area contributed by atoms with Crippen LogP contribution >= 0.6 is 0 Å². The van der Waals surface area contributed by atoms with Crippen molar-refractivity contribution < 1.29 is 24.5 Å². The van der Waals surface area contributed by atoms with E-state index in [-0.39, 0.29) is 18.2 Å². The fourth-order valence-corrected chi connectivity index (χ4v) is 3.60. The largest absolute Gasteiger partial charge is 0.481 e. The predicted molar refractivity (Wildman–Crippen MR) is 130 cm³/mol. The molecular weight excluding hydrogens is 435 g/mol. The second-order valence-electron chi connectivity index (χ2n) is 8.64. The fraction of sp³-hybridized carbons (Fsp3) is 0.296. The summed E-state index contributed by atoms with van der Waals surface area (Å²) in [5, 5.41) is 29.0. The van der Waals surface area contributed by atoms with E-state index in [0.717, 1.165) is 16.8 Å². The summed E-state index contributed by atoms with van der Waals surface area (Å²) in [6.45, 7) is 6.00. The first-order chi connectivity index (χ1) is 16.1. The summed E-state index contributed by atoms with van der Waals surface area (Å²) in [6.07, 6.45) is 0.385. The number of rotatable bonds is 9. The van der Waals surface area contributed by atoms with Crippen LogP contribution in [-0.2, 0) is 4.79 Å². The topological polar surface area (TPSA) is 104 Å². The summed E-state index contributed by atoms with van der Waals surface area (Å²) < 4.78 is 13.6. The van der Waals surface area contributed by atoms with E-state index in [1.165, 1.54) is 18.2 Å². The molecule has 3 N–H and O–H groups in total. The van der Waals surface area contributed by atoms with Crippen LogP contribution < -0.4 is 0 Å². The summed E-state index contributed by atoms with van der Waals surface area (Å²) in [6, 6.07) is 13.9. The number of aryl methyl sites for hydroxylation is 1. The van der Waals surface area contributed by atoms with Crippen LogP contribution in [-0.4, -0.2) is 43.5 Å². The van der Waals surface area contributed by atoms with Gasteiger partial charge in [0.15, 0.2) is 5.82 Å². The standard InChI is InChI=1S/C27H29FN2O4/c1-16(2)25-23(13-12-21(31)14-22(32)15-24(33)34)26(18-8-10-20(28)11-9-18)30-27(29-25)19-6-4-17(3)5-7-19/h4-13,16,21-22,31-32H,14-15H2,1-3H3,(H,33,34)/b13-12+. The third-order valence-corrected chi connectivity index (χ3v) is 5.36. The Labute approximate surface area is 198 Å². The number of carboxylic acid groups (broad SMARTS) is 1. The molecule has 0 fully saturated rings. The first kappa shape index (κ1) is 25.2. The highest BCUT2D eigenvalue weighted by Crippen LogP contribution is 2.32. The maximum absolute atomic E-state index is 13.6. The molecule has 2 aromatic carbocycles. The molecule has 3 rings (SSSR count). The van der Waals surface area contributed by atoms with Gasteiger partial charge in [-0.25, -0.2) is 14.4 Å². The molecule has 0 aliphatic carbocycles. The molecule has 2 atom stereocenters. The summed E-state index contributed by atoms with van der Waals surface area (Å²) in [5.41, 5.74) is 4.67. The molecule has 0 aliphatic rings. The van der Waals surface area contributed by atoms with E-state index in [0.29, 0.717) is 22.6 Å². The molecule has 1 heterocycles. The lowest BCUT2D eigenvalue weighted by molar-refractivity contribution is -0.139. The molecule has 0 bridgehead atoms. The number of nitrogens with zero attached hydrogens (tertiary/aromatic N) is 2. The van der Waals surface area contributed by atoms with Gasteiger partial charge in [0.05, 0.1) is 30.0 Å². The lowest BCUT2D eigenvalue weighted by Crippen LogP contribution is -2.19. The Hall–Kier alpha value is -3.42. The van der Waals surface area contributed by atoms with Crippen molar-refractivity contribution in [3.63, 3.8) is 0 Å². The summed E-state index contributed by atoms with van der Waals surface area (Å²) in [4.78, 5) is 20.4. The molecule has 0 spiro atoms. The fourth-order valence-electron chi connectivity index (χ4n) is 3.60. The van der Waals surface area contributed by atoms with Gasteiger partial charge >= 0.3 is 5.97 Å². The maximum atomic E-state index is 13.6. The number of hydrogen-bond acceptors (Lipinski definition) is 5. The molecule has 0 amide bonds. The Morgan fingerprint density at radius 3 is 2.21 bits per heavy atom. The number of carboxylic acids is 1. The van der Waals surface area contributed by atoms with Crippen LogP contribution in [0.1, 0.15) is 49.4 Å². The number of aliphatic hydroxyl groups excluding tert-OH is 2. The second kappa shape index (κ2) is 11.1. The van der Waals surface area contributed by atoms with Crippen molar-refractivity contribution in [2.45, 2.75) is 51.7 Å². The van der Waals surface area contributed by atoms with E-state index in [1.54, 1.807) is 18.2 Å². The number of halogens is 1. The highest BCUT2D eigenvalue weighted by Gasteiger charge is 2.19. The van der Waals surface area contributed by atoms with Crippen molar-refractivity contribution in [3.8, 4) is 22.6 Å². The molecule has 0 radical (unpaired) electrons. The zero-order valence-electron chi connectivity index (χ0n) is 19.4. The van der Waals surface area contributed by atoms with Crippen molar-refractivity contribution in [2.24, 2.45) is 0 Å². The van der Waals surface area contributed by atoms with Gasteiger partial charge in [0.1, 0.15) is 5.82 Å². The van der Waals surface area contributed by atoms with E-state index in [9.17, 15) is 19.4 Å². The molecule has 3 aromatic rings. The van der Waals surface area contributed by atoms with Crippen molar-refractivity contribution in [1.82, 2.24) is 9.97 Å². The monoisotopic (exact) mass is 464 g/mol. The maximum Gasteiger partial charge on any atom is 0.305 e. The van der Waals surface area contributed by atoms with Gasteiger partial charge in [0.2, 0.25) is 0 Å². The van der Waals surface area contributed by atoms with Crippen LogP contribution in [0.2, 0.25) is 0 Å². The average molecular weight is 465 g/mol. The van der Waals surface area contributed by atoms with Crippen molar-refractivity contribution in [2.75, 3.05) is 0 Å². The normalized spacial score (nSPS) is 13.4. The molecule has 0 saturated carbocycles.